The van der Waals surface area contributed by atoms with Crippen LogP contribution in [-0.2, 0) is 16.4 Å². The first-order chi connectivity index (χ1) is 9.42. The van der Waals surface area contributed by atoms with Crippen molar-refractivity contribution in [1.82, 2.24) is 4.72 Å². The average Bonchev–Trinajstić information content (AvgIpc) is 2.87. The minimum Gasteiger partial charge on any atom is -0.398 e. The first-order valence-electron chi connectivity index (χ1n) is 6.96. The van der Waals surface area contributed by atoms with Gasteiger partial charge in [0.05, 0.1) is 17.0 Å². The summed E-state index contributed by atoms with van der Waals surface area (Å²) in [6.07, 6.45) is 3.97. The third kappa shape index (κ3) is 2.97. The van der Waals surface area contributed by atoms with Crippen LogP contribution in [0.25, 0.3) is 0 Å². The fourth-order valence-corrected chi connectivity index (χ4v) is 4.24. The Morgan fingerprint density at radius 1 is 1.35 bits per heavy atom. The number of hydrogen-bond donors (Lipinski definition) is 3. The minimum absolute atomic E-state index is 0.159. The minimum atomic E-state index is -3.65. The van der Waals surface area contributed by atoms with Gasteiger partial charge in [-0.25, -0.2) is 13.1 Å². The summed E-state index contributed by atoms with van der Waals surface area (Å²) >= 11 is 0. The van der Waals surface area contributed by atoms with Gasteiger partial charge in [-0.1, -0.05) is 25.8 Å². The molecule has 0 radical (unpaired) electrons. The molecule has 1 aliphatic carbocycles. The first-order valence-corrected chi connectivity index (χ1v) is 8.44. The Hall–Kier alpha value is -1.11. The second-order valence-corrected chi connectivity index (χ2v) is 7.15. The predicted molar refractivity (Wildman–Crippen MR) is 78.8 cm³/mol. The molecular formula is C14H22N2O3S. The number of hydrogen-bond acceptors (Lipinski definition) is 4. The molecule has 0 spiro atoms. The SMILES string of the molecule is CCc1ccc(S(=O)(=O)NC2(CO)CCCC2)cc1N. The van der Waals surface area contributed by atoms with Crippen LogP contribution < -0.4 is 10.5 Å². The molecule has 0 unspecified atom stereocenters. The van der Waals surface area contributed by atoms with Gasteiger partial charge in [-0.15, -0.1) is 0 Å². The predicted octanol–water partition coefficient (Wildman–Crippen LogP) is 1.41. The Balaban J connectivity index is 2.28. The number of sulfonamides is 1. The molecule has 0 atom stereocenters. The molecule has 0 heterocycles. The van der Waals surface area contributed by atoms with Crippen LogP contribution in [-0.4, -0.2) is 25.7 Å². The van der Waals surface area contributed by atoms with E-state index in [4.69, 9.17) is 5.73 Å². The smallest absolute Gasteiger partial charge is 0.241 e. The van der Waals surface area contributed by atoms with E-state index < -0.39 is 15.6 Å². The lowest BCUT2D eigenvalue weighted by atomic mass is 10.0. The zero-order valence-corrected chi connectivity index (χ0v) is 12.5. The average molecular weight is 298 g/mol. The number of aliphatic hydroxyl groups excluding tert-OH is 1. The van der Waals surface area contributed by atoms with Crippen LogP contribution >= 0.6 is 0 Å². The van der Waals surface area contributed by atoms with Crippen molar-refractivity contribution in [3.63, 3.8) is 0 Å². The van der Waals surface area contributed by atoms with E-state index in [0.717, 1.165) is 24.8 Å². The molecule has 0 bridgehead atoms. The number of rotatable bonds is 5. The third-order valence-corrected chi connectivity index (χ3v) is 5.60. The summed E-state index contributed by atoms with van der Waals surface area (Å²) in [6.45, 7) is 1.80. The Bertz CT molecular complexity index is 578. The standard InChI is InChI=1S/C14H22N2O3S/c1-2-11-5-6-12(9-13(11)15)20(18,19)16-14(10-17)7-3-4-8-14/h5-6,9,16-17H,2-4,7-8,10,15H2,1H3. The van der Waals surface area contributed by atoms with Crippen molar-refractivity contribution < 1.29 is 13.5 Å². The highest BCUT2D eigenvalue weighted by Gasteiger charge is 2.37. The van der Waals surface area contributed by atoms with Gasteiger partial charge in [0.2, 0.25) is 10.0 Å². The van der Waals surface area contributed by atoms with Gasteiger partial charge >= 0.3 is 0 Å². The highest BCUT2D eigenvalue weighted by Crippen LogP contribution is 2.31. The normalized spacial score (nSPS) is 18.3. The summed E-state index contributed by atoms with van der Waals surface area (Å²) in [5.74, 6) is 0. The monoisotopic (exact) mass is 298 g/mol. The van der Waals surface area contributed by atoms with Gasteiger partial charge in [-0.2, -0.15) is 0 Å². The van der Waals surface area contributed by atoms with Crippen molar-refractivity contribution in [1.29, 1.82) is 0 Å². The van der Waals surface area contributed by atoms with Gasteiger partial charge in [0.1, 0.15) is 0 Å². The molecule has 0 aromatic heterocycles. The number of aliphatic hydroxyl groups is 1. The molecule has 4 N–H and O–H groups in total. The summed E-state index contributed by atoms with van der Waals surface area (Å²) in [5, 5.41) is 9.51. The number of anilines is 1. The Morgan fingerprint density at radius 2 is 2.00 bits per heavy atom. The van der Waals surface area contributed by atoms with Gasteiger partial charge in [0, 0.05) is 5.69 Å². The van der Waals surface area contributed by atoms with Gasteiger partial charge in [-0.3, -0.25) is 0 Å². The van der Waals surface area contributed by atoms with Crippen LogP contribution in [0.15, 0.2) is 23.1 Å². The summed E-state index contributed by atoms with van der Waals surface area (Å²) in [6, 6.07) is 4.79. The fraction of sp³-hybridized carbons (Fsp3) is 0.571. The van der Waals surface area contributed by atoms with Crippen molar-refractivity contribution in [2.45, 2.75) is 49.5 Å². The van der Waals surface area contributed by atoms with E-state index in [1.807, 2.05) is 6.92 Å². The summed E-state index contributed by atoms with van der Waals surface area (Å²) in [4.78, 5) is 0.159. The van der Waals surface area contributed by atoms with Crippen LogP contribution in [0.2, 0.25) is 0 Å². The molecule has 2 rings (SSSR count). The molecule has 5 nitrogen and oxygen atoms in total. The Morgan fingerprint density at radius 3 is 2.50 bits per heavy atom. The van der Waals surface area contributed by atoms with Crippen LogP contribution in [0.4, 0.5) is 5.69 Å². The second-order valence-electron chi connectivity index (χ2n) is 5.47. The molecule has 112 valence electrons. The zero-order valence-electron chi connectivity index (χ0n) is 11.7. The van der Waals surface area contributed by atoms with E-state index in [-0.39, 0.29) is 11.5 Å². The van der Waals surface area contributed by atoms with Gasteiger partial charge < -0.3 is 10.8 Å². The van der Waals surface area contributed by atoms with Crippen LogP contribution in [0, 0.1) is 0 Å². The highest BCUT2D eigenvalue weighted by atomic mass is 32.2. The molecule has 1 aromatic rings. The summed E-state index contributed by atoms with van der Waals surface area (Å²) in [5.41, 5.74) is 6.57. The largest absolute Gasteiger partial charge is 0.398 e. The summed E-state index contributed by atoms with van der Waals surface area (Å²) in [7, 11) is -3.65. The van der Waals surface area contributed by atoms with E-state index in [1.54, 1.807) is 12.1 Å². The lowest BCUT2D eigenvalue weighted by Crippen LogP contribution is -2.49. The van der Waals surface area contributed by atoms with Crippen molar-refractivity contribution in [2.75, 3.05) is 12.3 Å². The van der Waals surface area contributed by atoms with Crippen molar-refractivity contribution >= 4 is 15.7 Å². The molecule has 1 fully saturated rings. The summed E-state index contributed by atoms with van der Waals surface area (Å²) < 4.78 is 27.5. The van der Waals surface area contributed by atoms with E-state index in [2.05, 4.69) is 4.72 Å². The molecular weight excluding hydrogens is 276 g/mol. The molecule has 20 heavy (non-hydrogen) atoms. The third-order valence-electron chi connectivity index (χ3n) is 4.02. The maximum absolute atomic E-state index is 12.4. The second kappa shape index (κ2) is 5.71. The molecule has 0 amide bonds. The Labute approximate surface area is 120 Å². The van der Waals surface area contributed by atoms with Crippen molar-refractivity contribution in [3.8, 4) is 0 Å². The molecule has 1 saturated carbocycles. The van der Waals surface area contributed by atoms with E-state index >= 15 is 0 Å². The quantitative estimate of drug-likeness (QED) is 0.717. The number of nitrogen functional groups attached to an aromatic ring is 1. The molecule has 0 saturated heterocycles. The van der Waals surface area contributed by atoms with E-state index in [1.165, 1.54) is 6.07 Å². The maximum Gasteiger partial charge on any atom is 0.241 e. The zero-order chi connectivity index (χ0) is 14.8. The van der Waals surface area contributed by atoms with E-state index in [0.29, 0.717) is 18.5 Å². The first kappa shape index (κ1) is 15.3. The lowest BCUT2D eigenvalue weighted by molar-refractivity contribution is 0.185. The molecule has 0 aliphatic heterocycles. The van der Waals surface area contributed by atoms with Gasteiger partial charge in [0.25, 0.3) is 0 Å². The number of aryl methyl sites for hydroxylation is 1. The van der Waals surface area contributed by atoms with E-state index in [9.17, 15) is 13.5 Å². The number of nitrogens with two attached hydrogens (primary N) is 1. The van der Waals surface area contributed by atoms with Crippen LogP contribution in [0.5, 0.6) is 0 Å². The lowest BCUT2D eigenvalue weighted by Gasteiger charge is -2.27. The fourth-order valence-electron chi connectivity index (χ4n) is 2.75. The highest BCUT2D eigenvalue weighted by molar-refractivity contribution is 7.89. The van der Waals surface area contributed by atoms with Gasteiger partial charge in [0.15, 0.2) is 0 Å². The molecule has 1 aromatic carbocycles. The topological polar surface area (TPSA) is 92.4 Å². The molecule has 1 aliphatic rings. The maximum atomic E-state index is 12.4. The number of benzene rings is 1. The van der Waals surface area contributed by atoms with Crippen molar-refractivity contribution in [3.05, 3.63) is 23.8 Å². The van der Waals surface area contributed by atoms with Crippen LogP contribution in [0.1, 0.15) is 38.2 Å². The molecule has 6 heteroatoms. The van der Waals surface area contributed by atoms with Crippen LogP contribution in [0.3, 0.4) is 0 Å². The van der Waals surface area contributed by atoms with Gasteiger partial charge in [-0.05, 0) is 37.0 Å². The Kier molecular flexibility index (Phi) is 4.36. The number of nitrogens with one attached hydrogen (secondary N) is 1. The van der Waals surface area contributed by atoms with Crippen molar-refractivity contribution in [2.24, 2.45) is 0 Å².